The van der Waals surface area contributed by atoms with E-state index in [2.05, 4.69) is 34.3 Å². The van der Waals surface area contributed by atoms with Crippen LogP contribution in [-0.2, 0) is 17.7 Å². The van der Waals surface area contributed by atoms with Crippen LogP contribution in [0.2, 0.25) is 0 Å². The van der Waals surface area contributed by atoms with Crippen molar-refractivity contribution in [3.63, 3.8) is 0 Å². The number of rotatable bonds is 9. The number of thiophene rings is 1. The van der Waals surface area contributed by atoms with Gasteiger partial charge in [-0.2, -0.15) is 11.3 Å². The van der Waals surface area contributed by atoms with Crippen molar-refractivity contribution in [3.8, 4) is 5.75 Å². The van der Waals surface area contributed by atoms with Crippen molar-refractivity contribution in [1.29, 1.82) is 0 Å². The molecule has 0 spiro atoms. The molecule has 20 heavy (non-hydrogen) atoms. The molecule has 2 aromatic rings. The summed E-state index contributed by atoms with van der Waals surface area (Å²) in [4.78, 5) is 0. The maximum atomic E-state index is 5.74. The summed E-state index contributed by atoms with van der Waals surface area (Å²) in [5, 5.41) is 7.58. The van der Waals surface area contributed by atoms with Crippen LogP contribution in [0.3, 0.4) is 0 Å². The highest BCUT2D eigenvalue weighted by atomic mass is 32.1. The number of nitrogens with one attached hydrogen (secondary N) is 1. The Morgan fingerprint density at radius 2 is 1.90 bits per heavy atom. The van der Waals surface area contributed by atoms with Crippen LogP contribution in [0.4, 0.5) is 0 Å². The molecule has 4 heteroatoms. The summed E-state index contributed by atoms with van der Waals surface area (Å²) in [7, 11) is 1.71. The Labute approximate surface area is 124 Å². The van der Waals surface area contributed by atoms with E-state index in [1.165, 1.54) is 11.1 Å². The van der Waals surface area contributed by atoms with Crippen molar-refractivity contribution in [3.05, 3.63) is 52.2 Å². The predicted octanol–water partition coefficient (Wildman–Crippen LogP) is 3.11. The Morgan fingerprint density at radius 1 is 1.05 bits per heavy atom. The molecular formula is C16H21NO2S. The summed E-state index contributed by atoms with van der Waals surface area (Å²) in [6.45, 7) is 3.19. The molecule has 1 aromatic heterocycles. The quantitative estimate of drug-likeness (QED) is 0.720. The fourth-order valence-electron chi connectivity index (χ4n) is 1.83. The van der Waals surface area contributed by atoms with Gasteiger partial charge in [-0.05, 0) is 40.1 Å². The minimum Gasteiger partial charge on any atom is -0.493 e. The zero-order valence-corrected chi connectivity index (χ0v) is 12.6. The SMILES string of the molecule is COCCNCc1ccc(OCCc2ccsc2)cc1. The summed E-state index contributed by atoms with van der Waals surface area (Å²) < 4.78 is 10.7. The molecule has 1 heterocycles. The first-order valence-corrected chi connectivity index (χ1v) is 7.75. The smallest absolute Gasteiger partial charge is 0.119 e. The van der Waals surface area contributed by atoms with Crippen LogP contribution < -0.4 is 10.1 Å². The maximum absolute atomic E-state index is 5.74. The van der Waals surface area contributed by atoms with E-state index >= 15 is 0 Å². The van der Waals surface area contributed by atoms with Crippen molar-refractivity contribution >= 4 is 11.3 Å². The minimum atomic E-state index is 0.724. The first kappa shape index (κ1) is 15.0. The van der Waals surface area contributed by atoms with Crippen LogP contribution in [0, 0.1) is 0 Å². The highest BCUT2D eigenvalue weighted by molar-refractivity contribution is 7.07. The van der Waals surface area contributed by atoms with Crippen molar-refractivity contribution in [1.82, 2.24) is 5.32 Å². The van der Waals surface area contributed by atoms with Gasteiger partial charge in [-0.3, -0.25) is 0 Å². The molecule has 3 nitrogen and oxygen atoms in total. The van der Waals surface area contributed by atoms with Gasteiger partial charge in [0.2, 0.25) is 0 Å². The van der Waals surface area contributed by atoms with E-state index in [9.17, 15) is 0 Å². The van der Waals surface area contributed by atoms with E-state index < -0.39 is 0 Å². The van der Waals surface area contributed by atoms with E-state index in [-0.39, 0.29) is 0 Å². The largest absolute Gasteiger partial charge is 0.493 e. The van der Waals surface area contributed by atoms with E-state index in [0.717, 1.165) is 38.5 Å². The second-order valence-electron chi connectivity index (χ2n) is 4.54. The third kappa shape index (κ3) is 5.33. The van der Waals surface area contributed by atoms with Crippen LogP contribution >= 0.6 is 11.3 Å². The number of hydrogen-bond acceptors (Lipinski definition) is 4. The topological polar surface area (TPSA) is 30.5 Å². The van der Waals surface area contributed by atoms with Gasteiger partial charge in [0.1, 0.15) is 5.75 Å². The minimum absolute atomic E-state index is 0.724. The zero-order valence-electron chi connectivity index (χ0n) is 11.8. The Hall–Kier alpha value is -1.36. The Morgan fingerprint density at radius 3 is 2.60 bits per heavy atom. The fourth-order valence-corrected chi connectivity index (χ4v) is 2.54. The Balaban J connectivity index is 1.68. The predicted molar refractivity (Wildman–Crippen MR) is 83.5 cm³/mol. The van der Waals surface area contributed by atoms with Gasteiger partial charge in [0.15, 0.2) is 0 Å². The summed E-state index contributed by atoms with van der Waals surface area (Å²) >= 11 is 1.73. The highest BCUT2D eigenvalue weighted by Crippen LogP contribution is 2.13. The molecule has 0 bridgehead atoms. The van der Waals surface area contributed by atoms with Crippen LogP contribution in [0.1, 0.15) is 11.1 Å². The lowest BCUT2D eigenvalue weighted by Crippen LogP contribution is -2.18. The molecule has 108 valence electrons. The van der Waals surface area contributed by atoms with Gasteiger partial charge in [-0.1, -0.05) is 12.1 Å². The van der Waals surface area contributed by atoms with Gasteiger partial charge >= 0.3 is 0 Å². The molecule has 0 aliphatic heterocycles. The van der Waals surface area contributed by atoms with Gasteiger partial charge in [0.25, 0.3) is 0 Å². The number of hydrogen-bond donors (Lipinski definition) is 1. The first-order valence-electron chi connectivity index (χ1n) is 6.81. The second-order valence-corrected chi connectivity index (χ2v) is 5.32. The molecule has 0 aliphatic carbocycles. The van der Waals surface area contributed by atoms with Crippen molar-refractivity contribution < 1.29 is 9.47 Å². The highest BCUT2D eigenvalue weighted by Gasteiger charge is 1.97. The van der Waals surface area contributed by atoms with E-state index in [1.807, 2.05) is 12.1 Å². The van der Waals surface area contributed by atoms with Crippen LogP contribution in [0.15, 0.2) is 41.1 Å². The molecule has 0 fully saturated rings. The molecule has 0 aliphatic rings. The van der Waals surface area contributed by atoms with Gasteiger partial charge in [-0.15, -0.1) is 0 Å². The van der Waals surface area contributed by atoms with Gasteiger partial charge in [0, 0.05) is 26.6 Å². The third-order valence-electron chi connectivity index (χ3n) is 2.98. The summed E-state index contributed by atoms with van der Waals surface area (Å²) in [6, 6.07) is 10.4. The third-order valence-corrected chi connectivity index (χ3v) is 3.71. The Kier molecular flexibility index (Phi) is 6.57. The lowest BCUT2D eigenvalue weighted by atomic mass is 10.2. The molecule has 2 rings (SSSR count). The van der Waals surface area contributed by atoms with Crippen LogP contribution in [-0.4, -0.2) is 26.9 Å². The van der Waals surface area contributed by atoms with E-state index in [1.54, 1.807) is 18.4 Å². The van der Waals surface area contributed by atoms with Gasteiger partial charge < -0.3 is 14.8 Å². The molecule has 0 saturated heterocycles. The summed E-state index contributed by atoms with van der Waals surface area (Å²) in [5.74, 6) is 0.931. The first-order chi connectivity index (χ1) is 9.88. The average molecular weight is 291 g/mol. The van der Waals surface area contributed by atoms with Crippen molar-refractivity contribution in [2.24, 2.45) is 0 Å². The lowest BCUT2D eigenvalue weighted by molar-refractivity contribution is 0.199. The summed E-state index contributed by atoms with van der Waals surface area (Å²) in [5.41, 5.74) is 2.60. The van der Waals surface area contributed by atoms with Gasteiger partial charge in [0.05, 0.1) is 13.2 Å². The maximum Gasteiger partial charge on any atom is 0.119 e. The van der Waals surface area contributed by atoms with E-state index in [0.29, 0.717) is 0 Å². The number of ether oxygens (including phenoxy) is 2. The molecule has 0 radical (unpaired) electrons. The van der Waals surface area contributed by atoms with Crippen LogP contribution in [0.25, 0.3) is 0 Å². The number of benzene rings is 1. The molecule has 0 saturated carbocycles. The standard InChI is InChI=1S/C16H21NO2S/c1-18-10-8-17-12-14-2-4-16(5-3-14)19-9-6-15-7-11-20-13-15/h2-5,7,11,13,17H,6,8-10,12H2,1H3. The second kappa shape index (κ2) is 8.74. The number of methoxy groups -OCH3 is 1. The van der Waals surface area contributed by atoms with E-state index in [4.69, 9.17) is 9.47 Å². The van der Waals surface area contributed by atoms with Crippen molar-refractivity contribution in [2.45, 2.75) is 13.0 Å². The monoisotopic (exact) mass is 291 g/mol. The fraction of sp³-hybridized carbons (Fsp3) is 0.375. The molecule has 0 atom stereocenters. The lowest BCUT2D eigenvalue weighted by Gasteiger charge is -2.07. The molecule has 1 N–H and O–H groups in total. The molecule has 1 aromatic carbocycles. The zero-order chi connectivity index (χ0) is 14.0. The Bertz CT molecular complexity index is 468. The van der Waals surface area contributed by atoms with Gasteiger partial charge in [-0.25, -0.2) is 0 Å². The molecule has 0 amide bonds. The van der Waals surface area contributed by atoms with Crippen molar-refractivity contribution in [2.75, 3.05) is 26.9 Å². The van der Waals surface area contributed by atoms with Crippen LogP contribution in [0.5, 0.6) is 5.75 Å². The molecular weight excluding hydrogens is 270 g/mol. The molecule has 0 unspecified atom stereocenters. The normalized spacial score (nSPS) is 10.7. The summed E-state index contributed by atoms with van der Waals surface area (Å²) in [6.07, 6.45) is 0.962. The average Bonchev–Trinajstić information content (AvgIpc) is 2.98.